The summed E-state index contributed by atoms with van der Waals surface area (Å²) in [5.41, 5.74) is 0. The summed E-state index contributed by atoms with van der Waals surface area (Å²) >= 11 is 33.1. The Bertz CT molecular complexity index is 2110. The van der Waals surface area contributed by atoms with E-state index in [0.29, 0.717) is 7.91 Å². The second-order valence-corrected chi connectivity index (χ2v) is 25.2. The Morgan fingerprint density at radius 1 is 0.608 bits per heavy atom. The molecule has 0 radical (unpaired) electrons. The molecule has 0 unspecified atom stereocenters. The second kappa shape index (κ2) is 24.4. The van der Waals surface area contributed by atoms with E-state index in [0.717, 1.165) is 60.5 Å². The largest absolute Gasteiger partial charge is 0.297 e. The van der Waals surface area contributed by atoms with Crippen LogP contribution in [0.3, 0.4) is 0 Å². The lowest BCUT2D eigenvalue weighted by Gasteiger charge is -1.92. The van der Waals surface area contributed by atoms with Crippen LogP contribution < -0.4 is 0 Å². The molecule has 31 heteroatoms. The summed E-state index contributed by atoms with van der Waals surface area (Å²) in [6, 6.07) is 0. The topological polar surface area (TPSA) is 192 Å². The molecule has 0 atom stereocenters. The Morgan fingerprint density at radius 2 is 1.22 bits per heavy atom. The molecular formula is C20H22N14S17. The van der Waals surface area contributed by atoms with Gasteiger partial charge in [-0.15, -0.1) is 30.6 Å². The molecule has 274 valence electrons. The monoisotopic (exact) mass is 1000 g/mol. The lowest BCUT2D eigenvalue weighted by Crippen LogP contribution is -1.79. The summed E-state index contributed by atoms with van der Waals surface area (Å²) in [4.78, 5) is 3.89. The number of hydrogen-bond acceptors (Lipinski definition) is 27. The SMILES string of the molecule is C.C1Sc2nnc(s2)SSc2nnc1s2.CSc1n[nH]c(=S)s1.Cc1n[nH]c(=S)s1.Cc1nc(=S)s[nH]1.Cc1nnc(SSc2n[nH]c(=S)s2)s1. The molecule has 14 nitrogen and oxygen atoms in total. The number of fused-ring (bicyclic) bond motifs is 4. The first-order valence-electron chi connectivity index (χ1n) is 12.5. The van der Waals surface area contributed by atoms with Gasteiger partial charge in [-0.05, 0) is 131 Å². The molecule has 0 saturated heterocycles. The third-order valence-corrected chi connectivity index (χ3v) is 19.2. The maximum absolute atomic E-state index is 4.92. The van der Waals surface area contributed by atoms with Crippen LogP contribution in [0.15, 0.2) is 26.0 Å². The van der Waals surface area contributed by atoms with Gasteiger partial charge < -0.3 is 0 Å². The molecule has 4 bridgehead atoms. The van der Waals surface area contributed by atoms with Crippen LogP contribution in [0.5, 0.6) is 0 Å². The fourth-order valence-corrected chi connectivity index (χ4v) is 14.9. The van der Waals surface area contributed by atoms with Crippen molar-refractivity contribution in [3.63, 3.8) is 0 Å². The van der Waals surface area contributed by atoms with Gasteiger partial charge in [-0.25, -0.2) is 4.98 Å². The van der Waals surface area contributed by atoms with E-state index in [1.54, 1.807) is 101 Å². The highest BCUT2D eigenvalue weighted by atomic mass is 33.1. The molecule has 1 aliphatic heterocycles. The maximum atomic E-state index is 4.92. The third kappa shape index (κ3) is 17.9. The molecule has 7 aromatic rings. The smallest absolute Gasteiger partial charge is 0.198 e. The molecule has 0 aromatic carbocycles. The van der Waals surface area contributed by atoms with Gasteiger partial charge in [0.15, 0.2) is 41.9 Å². The highest BCUT2D eigenvalue weighted by molar-refractivity contribution is 8.77. The van der Waals surface area contributed by atoms with Crippen LogP contribution >= 0.6 is 195 Å². The molecule has 8 heterocycles. The number of rotatable bonds is 4. The van der Waals surface area contributed by atoms with E-state index in [-0.39, 0.29) is 7.43 Å². The van der Waals surface area contributed by atoms with Crippen LogP contribution in [0, 0.1) is 36.6 Å². The van der Waals surface area contributed by atoms with Crippen LogP contribution in [-0.4, -0.2) is 76.8 Å². The Kier molecular flexibility index (Phi) is 21.7. The number of nitrogens with one attached hydrogen (secondary N) is 4. The first kappa shape index (κ1) is 45.3. The quantitative estimate of drug-likeness (QED) is 0.0738. The van der Waals surface area contributed by atoms with Crippen molar-refractivity contribution < 1.29 is 0 Å². The number of aromatic nitrogens is 14. The molecule has 7 aromatic heterocycles. The van der Waals surface area contributed by atoms with E-state index in [2.05, 4.69) is 70.5 Å². The van der Waals surface area contributed by atoms with Gasteiger partial charge in [0.1, 0.15) is 20.8 Å². The molecule has 0 aliphatic carbocycles. The van der Waals surface area contributed by atoms with Gasteiger partial charge in [-0.1, -0.05) is 99.0 Å². The van der Waals surface area contributed by atoms with Gasteiger partial charge >= 0.3 is 0 Å². The summed E-state index contributed by atoms with van der Waals surface area (Å²) in [5, 5.41) is 47.0. The molecule has 0 saturated carbocycles. The van der Waals surface area contributed by atoms with E-state index in [9.17, 15) is 0 Å². The summed E-state index contributed by atoms with van der Waals surface area (Å²) in [6.45, 7) is 5.73. The zero-order valence-electron chi connectivity index (χ0n) is 25.1. The Labute approximate surface area is 363 Å². The standard InChI is InChI=1S/C5H2N4S5.C5H4N4S5.C3H4N2S3.2C3H4N2S2.CH4/c1-2-6-8-4(11-2)13-14-5-9-7-3(10-1)12-5;1-2-6-8-4(11-2)13-14-5-9-7-3(10)12-5;1-7-3-5-4-2(6)8-3;1-2-4-5-3(6)7-2;1-2-4-3(6)7-5-2;/h1H2;1H3,(H,7,10);1H3,(H,4,6);1H3,(H,5,6);1H3,(H,4,5,6);1H4. The fourth-order valence-electron chi connectivity index (χ4n) is 2.36. The number of H-pyrrole nitrogens is 4. The summed E-state index contributed by atoms with van der Waals surface area (Å²) < 4.78 is 11.6. The van der Waals surface area contributed by atoms with Crippen LogP contribution in [-0.2, 0) is 5.75 Å². The lowest BCUT2D eigenvalue weighted by molar-refractivity contribution is 0.952. The number of aromatic amines is 4. The average molecular weight is 1000 g/mol. The fraction of sp³-hybridized carbons (Fsp3) is 0.300. The van der Waals surface area contributed by atoms with Crippen LogP contribution in [0.25, 0.3) is 0 Å². The van der Waals surface area contributed by atoms with E-state index >= 15 is 0 Å². The zero-order chi connectivity index (χ0) is 35.9. The van der Waals surface area contributed by atoms with E-state index in [4.69, 9.17) is 48.9 Å². The minimum absolute atomic E-state index is 0. The van der Waals surface area contributed by atoms with Crippen molar-refractivity contribution in [2.75, 3.05) is 6.26 Å². The molecule has 8 rings (SSSR count). The summed E-state index contributed by atoms with van der Waals surface area (Å²) in [6.07, 6.45) is 1.97. The van der Waals surface area contributed by atoms with Crippen molar-refractivity contribution >= 4 is 195 Å². The molecule has 0 fully saturated rings. The van der Waals surface area contributed by atoms with Crippen LogP contribution in [0.2, 0.25) is 0 Å². The summed E-state index contributed by atoms with van der Waals surface area (Å²) in [5.74, 6) is 1.74. The summed E-state index contributed by atoms with van der Waals surface area (Å²) in [7, 11) is 6.29. The molecule has 0 spiro atoms. The molecule has 0 amide bonds. The maximum Gasteiger partial charge on any atom is 0.198 e. The van der Waals surface area contributed by atoms with Crippen molar-refractivity contribution in [1.82, 2.24) is 70.5 Å². The third-order valence-electron chi connectivity index (χ3n) is 4.13. The Hall–Kier alpha value is -0.100. The predicted molar refractivity (Wildman–Crippen MR) is 235 cm³/mol. The minimum Gasteiger partial charge on any atom is -0.297 e. The number of nitrogens with zero attached hydrogens (tertiary/aromatic N) is 10. The van der Waals surface area contributed by atoms with Gasteiger partial charge in [0.2, 0.25) is 0 Å². The van der Waals surface area contributed by atoms with Crippen molar-refractivity contribution in [3.8, 4) is 0 Å². The lowest BCUT2D eigenvalue weighted by atomic mass is 10.8. The number of hydrogen-bond donors (Lipinski definition) is 4. The zero-order valence-corrected chi connectivity index (χ0v) is 39.0. The molecule has 1 aliphatic rings. The van der Waals surface area contributed by atoms with Gasteiger partial charge in [0.25, 0.3) is 0 Å². The van der Waals surface area contributed by atoms with Crippen molar-refractivity contribution in [2.24, 2.45) is 0 Å². The number of aryl methyl sites for hydroxylation is 3. The Morgan fingerprint density at radius 3 is 1.69 bits per heavy atom. The van der Waals surface area contributed by atoms with E-state index in [1.165, 1.54) is 45.5 Å². The molecule has 51 heavy (non-hydrogen) atoms. The Balaban J connectivity index is 0.000000178. The normalized spacial score (nSPS) is 11.2. The van der Waals surface area contributed by atoms with Crippen molar-refractivity contribution in [1.29, 1.82) is 0 Å². The first-order valence-corrected chi connectivity index (χ1v) is 26.4. The van der Waals surface area contributed by atoms with Crippen molar-refractivity contribution in [3.05, 3.63) is 36.7 Å². The molecular weight excluding hydrogens is 981 g/mol. The van der Waals surface area contributed by atoms with Gasteiger partial charge in [-0.2, -0.15) is 15.3 Å². The predicted octanol–water partition coefficient (Wildman–Crippen LogP) is 11.5. The highest BCUT2D eigenvalue weighted by Gasteiger charge is 2.13. The highest BCUT2D eigenvalue weighted by Crippen LogP contribution is 2.43. The first-order chi connectivity index (χ1) is 24.0. The van der Waals surface area contributed by atoms with Crippen LogP contribution in [0.1, 0.15) is 28.3 Å². The van der Waals surface area contributed by atoms with Gasteiger partial charge in [0.05, 0.1) is 5.75 Å². The average Bonchev–Trinajstić information content (AvgIpc) is 3.94. The van der Waals surface area contributed by atoms with Gasteiger partial charge in [0, 0.05) is 0 Å². The van der Waals surface area contributed by atoms with E-state index < -0.39 is 0 Å². The molecule has 4 N–H and O–H groups in total. The minimum atomic E-state index is 0. The van der Waals surface area contributed by atoms with Crippen LogP contribution in [0.4, 0.5) is 0 Å². The van der Waals surface area contributed by atoms with E-state index in [1.807, 2.05) is 27.0 Å². The number of thioether (sulfide) groups is 2. The van der Waals surface area contributed by atoms with Gasteiger partial charge in [-0.3, -0.25) is 19.7 Å². The second-order valence-electron chi connectivity index (χ2n) is 7.77. The van der Waals surface area contributed by atoms with Crippen molar-refractivity contribution in [2.45, 2.75) is 60.0 Å².